The zero-order valence-corrected chi connectivity index (χ0v) is 18.1. The van der Waals surface area contributed by atoms with Crippen molar-refractivity contribution in [1.29, 1.82) is 0 Å². The van der Waals surface area contributed by atoms with E-state index in [1.54, 1.807) is 12.1 Å². The van der Waals surface area contributed by atoms with Crippen molar-refractivity contribution < 1.29 is 18.0 Å². The predicted octanol–water partition coefficient (Wildman–Crippen LogP) is 4.25. The summed E-state index contributed by atoms with van der Waals surface area (Å²) in [7, 11) is 4.06. The van der Waals surface area contributed by atoms with Crippen molar-refractivity contribution >= 4 is 5.91 Å². The second-order valence-corrected chi connectivity index (χ2v) is 9.02. The summed E-state index contributed by atoms with van der Waals surface area (Å²) >= 11 is 0. The number of hydrogen-bond donors (Lipinski definition) is 0. The van der Waals surface area contributed by atoms with Gasteiger partial charge in [-0.25, -0.2) is 0 Å². The fraction of sp³-hybridized carbons (Fsp3) is 0.696. The van der Waals surface area contributed by atoms with Crippen LogP contribution in [0.15, 0.2) is 24.3 Å². The molecule has 2 aliphatic rings. The Morgan fingerprint density at radius 3 is 2.40 bits per heavy atom. The Morgan fingerprint density at radius 1 is 1.10 bits per heavy atom. The molecule has 1 aromatic rings. The Hall–Kier alpha value is -1.60. The van der Waals surface area contributed by atoms with Crippen LogP contribution in [0.2, 0.25) is 0 Å². The first-order valence-corrected chi connectivity index (χ1v) is 11.0. The maximum atomic E-state index is 12.7. The van der Waals surface area contributed by atoms with E-state index in [-0.39, 0.29) is 5.91 Å². The summed E-state index contributed by atoms with van der Waals surface area (Å²) in [6, 6.07) is 5.83. The number of benzene rings is 1. The van der Waals surface area contributed by atoms with E-state index < -0.39 is 11.7 Å². The fourth-order valence-electron chi connectivity index (χ4n) is 4.68. The first kappa shape index (κ1) is 23.1. The van der Waals surface area contributed by atoms with Crippen LogP contribution in [0.1, 0.15) is 49.7 Å². The molecule has 2 aliphatic heterocycles. The molecule has 2 fully saturated rings. The molecular formula is C23H34F3N3O. The van der Waals surface area contributed by atoms with Gasteiger partial charge in [0, 0.05) is 32.6 Å². The first-order valence-electron chi connectivity index (χ1n) is 11.0. The molecule has 0 bridgehead atoms. The molecule has 1 amide bonds. The summed E-state index contributed by atoms with van der Waals surface area (Å²) in [5, 5.41) is 0. The highest BCUT2D eigenvalue weighted by Crippen LogP contribution is 2.30. The van der Waals surface area contributed by atoms with Crippen molar-refractivity contribution in [1.82, 2.24) is 14.7 Å². The number of rotatable bonds is 6. The van der Waals surface area contributed by atoms with Crippen LogP contribution < -0.4 is 0 Å². The molecule has 0 radical (unpaired) electrons. The Bertz CT molecular complexity index is 684. The molecule has 4 nitrogen and oxygen atoms in total. The molecule has 168 valence electrons. The van der Waals surface area contributed by atoms with Crippen LogP contribution >= 0.6 is 0 Å². The van der Waals surface area contributed by atoms with Gasteiger partial charge in [-0.3, -0.25) is 9.69 Å². The largest absolute Gasteiger partial charge is 0.416 e. The van der Waals surface area contributed by atoms with Gasteiger partial charge in [0.25, 0.3) is 0 Å². The molecular weight excluding hydrogens is 391 g/mol. The van der Waals surface area contributed by atoms with Gasteiger partial charge < -0.3 is 9.80 Å². The first-order chi connectivity index (χ1) is 14.2. The second-order valence-electron chi connectivity index (χ2n) is 9.02. The van der Waals surface area contributed by atoms with Crippen LogP contribution in [0.5, 0.6) is 0 Å². The van der Waals surface area contributed by atoms with Crippen molar-refractivity contribution in [3.8, 4) is 0 Å². The van der Waals surface area contributed by atoms with Crippen molar-refractivity contribution in [3.05, 3.63) is 35.4 Å². The topological polar surface area (TPSA) is 26.8 Å². The third-order valence-electron chi connectivity index (χ3n) is 6.69. The zero-order valence-electron chi connectivity index (χ0n) is 18.1. The summed E-state index contributed by atoms with van der Waals surface area (Å²) in [5.41, 5.74) is 0.303. The quantitative estimate of drug-likeness (QED) is 0.682. The van der Waals surface area contributed by atoms with E-state index in [1.807, 2.05) is 11.9 Å². The minimum absolute atomic E-state index is 0.240. The highest BCUT2D eigenvalue weighted by atomic mass is 19.4. The molecule has 0 aromatic heterocycles. The van der Waals surface area contributed by atoms with Crippen molar-refractivity contribution in [2.24, 2.45) is 5.92 Å². The average molecular weight is 426 g/mol. The highest BCUT2D eigenvalue weighted by Gasteiger charge is 2.30. The van der Waals surface area contributed by atoms with E-state index in [0.29, 0.717) is 24.9 Å². The van der Waals surface area contributed by atoms with E-state index in [2.05, 4.69) is 16.8 Å². The predicted molar refractivity (Wildman–Crippen MR) is 112 cm³/mol. The van der Waals surface area contributed by atoms with Crippen molar-refractivity contribution in [2.75, 3.05) is 40.3 Å². The monoisotopic (exact) mass is 425 g/mol. The molecule has 0 aliphatic carbocycles. The summed E-state index contributed by atoms with van der Waals surface area (Å²) in [4.78, 5) is 19.2. The van der Waals surface area contributed by atoms with Crippen LogP contribution in [0.25, 0.3) is 0 Å². The number of likely N-dealkylation sites (tertiary alicyclic amines) is 2. The summed E-state index contributed by atoms with van der Waals surface area (Å²) in [6.07, 6.45) is 1.47. The van der Waals surface area contributed by atoms with Gasteiger partial charge >= 0.3 is 6.18 Å². The Morgan fingerprint density at radius 2 is 1.77 bits per heavy atom. The number of carbonyl (C=O) groups excluding carboxylic acids is 1. The van der Waals surface area contributed by atoms with Gasteiger partial charge in [0.2, 0.25) is 5.91 Å². The standard InChI is InChI=1S/C23H34F3N3O/c1-27-14-11-21(12-15-27)28(2)22(30)10-7-18-4-3-13-29(16-18)17-19-5-8-20(9-6-19)23(24,25)26/h5-6,8-9,18,21H,3-4,7,10-17H2,1-2H3/t18-/m0/s1. The number of hydrogen-bond acceptors (Lipinski definition) is 3. The number of amides is 1. The lowest BCUT2D eigenvalue weighted by atomic mass is 9.92. The van der Waals surface area contributed by atoms with Crippen molar-refractivity contribution in [3.63, 3.8) is 0 Å². The van der Waals surface area contributed by atoms with Gasteiger partial charge in [0.1, 0.15) is 0 Å². The summed E-state index contributed by atoms with van der Waals surface area (Å²) in [6.45, 7) is 4.62. The molecule has 1 aromatic carbocycles. The van der Waals surface area contributed by atoms with E-state index >= 15 is 0 Å². The lowest BCUT2D eigenvalue weighted by Gasteiger charge is -2.36. The van der Waals surface area contributed by atoms with Crippen LogP contribution in [-0.2, 0) is 17.5 Å². The highest BCUT2D eigenvalue weighted by molar-refractivity contribution is 5.76. The third kappa shape index (κ3) is 6.45. The van der Waals surface area contributed by atoms with E-state index in [0.717, 1.165) is 76.0 Å². The minimum Gasteiger partial charge on any atom is -0.343 e. The number of alkyl halides is 3. The van der Waals surface area contributed by atoms with E-state index in [9.17, 15) is 18.0 Å². The van der Waals surface area contributed by atoms with Gasteiger partial charge in [-0.2, -0.15) is 13.2 Å². The van der Waals surface area contributed by atoms with Gasteiger partial charge in [-0.15, -0.1) is 0 Å². The van der Waals surface area contributed by atoms with Gasteiger partial charge in [-0.1, -0.05) is 12.1 Å². The normalized spacial score (nSPS) is 22.2. The molecule has 0 saturated carbocycles. The maximum absolute atomic E-state index is 12.7. The summed E-state index contributed by atoms with van der Waals surface area (Å²) in [5.74, 6) is 0.715. The van der Waals surface area contributed by atoms with Gasteiger partial charge in [0.15, 0.2) is 0 Å². The number of nitrogens with zero attached hydrogens (tertiary/aromatic N) is 3. The van der Waals surface area contributed by atoms with Crippen molar-refractivity contribution in [2.45, 2.75) is 57.3 Å². The SMILES string of the molecule is CN1CCC(N(C)C(=O)CC[C@@H]2CCCN(Cc3ccc(C(F)(F)F)cc3)C2)CC1. The van der Waals surface area contributed by atoms with Crippen LogP contribution in [0, 0.1) is 5.92 Å². The second kappa shape index (κ2) is 10.1. The molecule has 3 rings (SSSR count). The number of piperidine rings is 2. The molecule has 0 N–H and O–H groups in total. The Balaban J connectivity index is 1.44. The number of halogens is 3. The average Bonchev–Trinajstić information content (AvgIpc) is 2.72. The van der Waals surface area contributed by atoms with Crippen LogP contribution in [-0.4, -0.2) is 66.9 Å². The molecule has 0 unspecified atom stereocenters. The van der Waals surface area contributed by atoms with Crippen LogP contribution in [0.3, 0.4) is 0 Å². The van der Waals surface area contributed by atoms with Crippen LogP contribution in [0.4, 0.5) is 13.2 Å². The van der Waals surface area contributed by atoms with E-state index in [1.165, 1.54) is 0 Å². The molecule has 30 heavy (non-hydrogen) atoms. The molecule has 7 heteroatoms. The lowest BCUT2D eigenvalue weighted by Crippen LogP contribution is -2.44. The smallest absolute Gasteiger partial charge is 0.343 e. The van der Waals surface area contributed by atoms with Gasteiger partial charge in [0.05, 0.1) is 5.56 Å². The Kier molecular flexibility index (Phi) is 7.80. The maximum Gasteiger partial charge on any atom is 0.416 e. The molecule has 1 atom stereocenters. The van der Waals surface area contributed by atoms with Gasteiger partial charge in [-0.05, 0) is 82.4 Å². The Labute approximate surface area is 178 Å². The van der Waals surface area contributed by atoms with E-state index in [4.69, 9.17) is 0 Å². The molecule has 2 saturated heterocycles. The molecule has 0 spiro atoms. The fourth-order valence-corrected chi connectivity index (χ4v) is 4.68. The third-order valence-corrected chi connectivity index (χ3v) is 6.69. The lowest BCUT2D eigenvalue weighted by molar-refractivity contribution is -0.137. The summed E-state index contributed by atoms with van der Waals surface area (Å²) < 4.78 is 38.2. The zero-order chi connectivity index (χ0) is 21.7. The number of carbonyl (C=O) groups is 1. The minimum atomic E-state index is -4.29. The molecule has 2 heterocycles.